The summed E-state index contributed by atoms with van der Waals surface area (Å²) in [6.45, 7) is 4.39. The highest BCUT2D eigenvalue weighted by Gasteiger charge is 2.23. The lowest BCUT2D eigenvalue weighted by Crippen LogP contribution is -2.34. The minimum Gasteiger partial charge on any atom is -0.346 e. The Labute approximate surface area is 123 Å². The maximum Gasteiger partial charge on any atom is 0.126 e. The second-order valence-corrected chi connectivity index (χ2v) is 5.80. The number of likely N-dealkylation sites (tertiary alicyclic amines) is 1. The Balaban J connectivity index is 1.68. The summed E-state index contributed by atoms with van der Waals surface area (Å²) in [6, 6.07) is 3.72. The Morgan fingerprint density at radius 2 is 2.05 bits per heavy atom. The molecule has 2 aromatic rings. The van der Waals surface area contributed by atoms with Crippen molar-refractivity contribution in [3.05, 3.63) is 53.1 Å². The summed E-state index contributed by atoms with van der Waals surface area (Å²) in [7, 11) is 0. The van der Waals surface area contributed by atoms with Gasteiger partial charge in [-0.1, -0.05) is 0 Å². The predicted octanol–water partition coefficient (Wildman–Crippen LogP) is 3.38. The zero-order chi connectivity index (χ0) is 14.8. The van der Waals surface area contributed by atoms with E-state index in [1.165, 1.54) is 12.1 Å². The first-order valence-corrected chi connectivity index (χ1v) is 7.29. The van der Waals surface area contributed by atoms with Crippen molar-refractivity contribution in [2.24, 2.45) is 0 Å². The first-order chi connectivity index (χ1) is 10.1. The Kier molecular flexibility index (Phi) is 4.01. The lowest BCUT2D eigenvalue weighted by molar-refractivity contribution is 0.196. The highest BCUT2D eigenvalue weighted by molar-refractivity contribution is 5.18. The van der Waals surface area contributed by atoms with Gasteiger partial charge in [0.2, 0.25) is 0 Å². The van der Waals surface area contributed by atoms with Gasteiger partial charge in [-0.2, -0.15) is 0 Å². The lowest BCUT2D eigenvalue weighted by Gasteiger charge is -2.31. The van der Waals surface area contributed by atoms with Gasteiger partial charge in [0.15, 0.2) is 0 Å². The van der Waals surface area contributed by atoms with Crippen molar-refractivity contribution < 1.29 is 8.78 Å². The molecule has 1 aromatic carbocycles. The standard InChI is InChI=1S/C16H19F2N3/c1-11-8-19-16(20-11)13-3-2-4-21(10-13)9-12-5-14(17)7-15(18)6-12/h5-8,13H,2-4,9-10H2,1H3,(H,19,20). The molecule has 5 heteroatoms. The SMILES string of the molecule is Cc1cnc(C2CCCN(Cc3cc(F)cc(F)c3)C2)[nH]1. The number of H-pyrrole nitrogens is 1. The third kappa shape index (κ3) is 3.47. The van der Waals surface area contributed by atoms with Crippen LogP contribution in [0.2, 0.25) is 0 Å². The molecule has 0 radical (unpaired) electrons. The third-order valence-electron chi connectivity index (χ3n) is 3.94. The number of benzene rings is 1. The Bertz CT molecular complexity index is 603. The van der Waals surface area contributed by atoms with Gasteiger partial charge in [-0.25, -0.2) is 13.8 Å². The zero-order valence-corrected chi connectivity index (χ0v) is 12.1. The van der Waals surface area contributed by atoms with Gasteiger partial charge in [0.05, 0.1) is 0 Å². The van der Waals surface area contributed by atoms with Gasteiger partial charge in [-0.05, 0) is 44.0 Å². The molecular weight excluding hydrogens is 272 g/mol. The fraction of sp³-hybridized carbons (Fsp3) is 0.438. The molecule has 0 amide bonds. The molecule has 21 heavy (non-hydrogen) atoms. The summed E-state index contributed by atoms with van der Waals surface area (Å²) < 4.78 is 26.5. The average molecular weight is 291 g/mol. The van der Waals surface area contributed by atoms with E-state index in [9.17, 15) is 8.78 Å². The van der Waals surface area contributed by atoms with Crippen LogP contribution in [-0.2, 0) is 6.54 Å². The largest absolute Gasteiger partial charge is 0.346 e. The minimum atomic E-state index is -0.514. The van der Waals surface area contributed by atoms with Crippen molar-refractivity contribution in [2.75, 3.05) is 13.1 Å². The summed E-state index contributed by atoms with van der Waals surface area (Å²) in [6.07, 6.45) is 4.01. The molecule has 1 saturated heterocycles. The molecule has 0 bridgehead atoms. The number of aromatic nitrogens is 2. The van der Waals surface area contributed by atoms with Gasteiger partial charge in [-0.15, -0.1) is 0 Å². The molecule has 1 aromatic heterocycles. The molecule has 1 unspecified atom stereocenters. The molecule has 1 aliphatic rings. The smallest absolute Gasteiger partial charge is 0.126 e. The number of aromatic amines is 1. The zero-order valence-electron chi connectivity index (χ0n) is 12.1. The monoisotopic (exact) mass is 291 g/mol. The van der Waals surface area contributed by atoms with E-state index in [1.807, 2.05) is 13.1 Å². The molecule has 3 nitrogen and oxygen atoms in total. The number of aryl methyl sites for hydroxylation is 1. The normalized spacial score (nSPS) is 19.9. The molecule has 3 rings (SSSR count). The van der Waals surface area contributed by atoms with E-state index in [2.05, 4.69) is 14.9 Å². The number of nitrogens with zero attached hydrogens (tertiary/aromatic N) is 2. The molecular formula is C16H19F2N3. The maximum atomic E-state index is 13.3. The Hall–Kier alpha value is -1.75. The Morgan fingerprint density at radius 3 is 2.71 bits per heavy atom. The van der Waals surface area contributed by atoms with E-state index in [0.29, 0.717) is 18.0 Å². The van der Waals surface area contributed by atoms with Crippen LogP contribution < -0.4 is 0 Å². The van der Waals surface area contributed by atoms with Gasteiger partial charge in [0, 0.05) is 37.0 Å². The molecule has 1 aliphatic heterocycles. The summed E-state index contributed by atoms with van der Waals surface area (Å²) in [5.74, 6) is 0.355. The number of hydrogen-bond acceptors (Lipinski definition) is 2. The predicted molar refractivity (Wildman–Crippen MR) is 76.9 cm³/mol. The van der Waals surface area contributed by atoms with Crippen LogP contribution in [0, 0.1) is 18.6 Å². The van der Waals surface area contributed by atoms with E-state index in [4.69, 9.17) is 0 Å². The molecule has 112 valence electrons. The van der Waals surface area contributed by atoms with Crippen molar-refractivity contribution >= 4 is 0 Å². The number of rotatable bonds is 3. The van der Waals surface area contributed by atoms with Gasteiger partial charge < -0.3 is 4.98 Å². The quantitative estimate of drug-likeness (QED) is 0.940. The fourth-order valence-electron chi connectivity index (χ4n) is 3.02. The molecule has 1 N–H and O–H groups in total. The van der Waals surface area contributed by atoms with Crippen molar-refractivity contribution in [2.45, 2.75) is 32.2 Å². The van der Waals surface area contributed by atoms with Gasteiger partial charge in [-0.3, -0.25) is 4.90 Å². The highest BCUT2D eigenvalue weighted by Crippen LogP contribution is 2.26. The average Bonchev–Trinajstić information content (AvgIpc) is 2.84. The van der Waals surface area contributed by atoms with E-state index < -0.39 is 11.6 Å². The summed E-state index contributed by atoms with van der Waals surface area (Å²) >= 11 is 0. The van der Waals surface area contributed by atoms with Crippen LogP contribution in [0.3, 0.4) is 0 Å². The van der Waals surface area contributed by atoms with Crippen LogP contribution in [0.1, 0.15) is 35.8 Å². The first-order valence-electron chi connectivity index (χ1n) is 7.29. The molecule has 2 heterocycles. The van der Waals surface area contributed by atoms with E-state index in [-0.39, 0.29) is 0 Å². The van der Waals surface area contributed by atoms with E-state index in [1.54, 1.807) is 0 Å². The maximum absolute atomic E-state index is 13.3. The van der Waals surface area contributed by atoms with Gasteiger partial charge in [0.25, 0.3) is 0 Å². The van der Waals surface area contributed by atoms with E-state index in [0.717, 1.165) is 43.5 Å². The lowest BCUT2D eigenvalue weighted by atomic mass is 9.97. The summed E-state index contributed by atoms with van der Waals surface area (Å²) in [5.41, 5.74) is 1.75. The molecule has 1 atom stereocenters. The topological polar surface area (TPSA) is 31.9 Å². The van der Waals surface area contributed by atoms with Crippen LogP contribution >= 0.6 is 0 Å². The van der Waals surface area contributed by atoms with Crippen molar-refractivity contribution in [3.63, 3.8) is 0 Å². The third-order valence-corrected chi connectivity index (χ3v) is 3.94. The molecule has 0 saturated carbocycles. The Morgan fingerprint density at radius 1 is 1.29 bits per heavy atom. The number of halogens is 2. The van der Waals surface area contributed by atoms with Crippen LogP contribution in [0.5, 0.6) is 0 Å². The van der Waals surface area contributed by atoms with E-state index >= 15 is 0 Å². The summed E-state index contributed by atoms with van der Waals surface area (Å²) in [4.78, 5) is 9.93. The highest BCUT2D eigenvalue weighted by atomic mass is 19.1. The van der Waals surface area contributed by atoms with Gasteiger partial charge >= 0.3 is 0 Å². The van der Waals surface area contributed by atoms with Crippen molar-refractivity contribution in [1.82, 2.24) is 14.9 Å². The van der Waals surface area contributed by atoms with Crippen LogP contribution in [0.15, 0.2) is 24.4 Å². The second kappa shape index (κ2) is 5.93. The fourth-order valence-corrected chi connectivity index (χ4v) is 3.02. The first kappa shape index (κ1) is 14.2. The number of hydrogen-bond donors (Lipinski definition) is 1. The second-order valence-electron chi connectivity index (χ2n) is 5.80. The number of piperidine rings is 1. The molecule has 0 spiro atoms. The van der Waals surface area contributed by atoms with Crippen LogP contribution in [0.25, 0.3) is 0 Å². The van der Waals surface area contributed by atoms with Crippen LogP contribution in [-0.4, -0.2) is 28.0 Å². The van der Waals surface area contributed by atoms with Crippen LogP contribution in [0.4, 0.5) is 8.78 Å². The molecule has 1 fully saturated rings. The minimum absolute atomic E-state index is 0.367. The molecule has 0 aliphatic carbocycles. The van der Waals surface area contributed by atoms with Gasteiger partial charge in [0.1, 0.15) is 17.5 Å². The number of nitrogens with one attached hydrogen (secondary N) is 1. The van der Waals surface area contributed by atoms with Crippen molar-refractivity contribution in [3.8, 4) is 0 Å². The van der Waals surface area contributed by atoms with Crippen molar-refractivity contribution in [1.29, 1.82) is 0 Å². The summed E-state index contributed by atoms with van der Waals surface area (Å²) in [5, 5.41) is 0. The number of imidazole rings is 1.